The predicted molar refractivity (Wildman–Crippen MR) is 126 cm³/mol. The lowest BCUT2D eigenvalue weighted by atomic mass is 9.95. The number of anilines is 1. The standard InChI is InChI=1S/C24H26F2N4O3S/c1-32-20-11-8-15(12-21(20)33-2)23-28-29-24(30(23)17-6-4-3-5-7-17)34-14-22(31)27-19-13-16(25)9-10-18(19)26/h8-13,17H,3-7,14H2,1-2H3,(H,27,31). The van der Waals surface area contributed by atoms with Gasteiger partial charge >= 0.3 is 0 Å². The summed E-state index contributed by atoms with van der Waals surface area (Å²) in [5.74, 6) is 0.0936. The summed E-state index contributed by atoms with van der Waals surface area (Å²) in [4.78, 5) is 12.5. The van der Waals surface area contributed by atoms with Gasteiger partial charge in [0.05, 0.1) is 25.7 Å². The first-order valence-electron chi connectivity index (χ1n) is 11.0. The fourth-order valence-corrected chi connectivity index (χ4v) is 4.93. The molecular weight excluding hydrogens is 462 g/mol. The van der Waals surface area contributed by atoms with Gasteiger partial charge in [-0.3, -0.25) is 9.36 Å². The number of benzene rings is 2. The first-order valence-corrected chi connectivity index (χ1v) is 12.0. The first kappa shape index (κ1) is 24.0. The monoisotopic (exact) mass is 488 g/mol. The second kappa shape index (κ2) is 10.9. The van der Waals surface area contributed by atoms with Crippen LogP contribution in [0.4, 0.5) is 14.5 Å². The highest BCUT2D eigenvalue weighted by molar-refractivity contribution is 7.99. The smallest absolute Gasteiger partial charge is 0.234 e. The number of aromatic nitrogens is 3. The summed E-state index contributed by atoms with van der Waals surface area (Å²) in [7, 11) is 3.16. The number of carbonyl (C=O) groups excluding carboxylic acids is 1. The molecule has 0 aliphatic heterocycles. The minimum absolute atomic E-state index is 0.0211. The van der Waals surface area contributed by atoms with Gasteiger partial charge in [-0.2, -0.15) is 0 Å². The molecule has 1 N–H and O–H groups in total. The fraction of sp³-hybridized carbons (Fsp3) is 0.375. The van der Waals surface area contributed by atoms with Gasteiger partial charge < -0.3 is 14.8 Å². The van der Waals surface area contributed by atoms with Crippen LogP contribution in [0.5, 0.6) is 11.5 Å². The zero-order chi connectivity index (χ0) is 24.1. The fourth-order valence-electron chi connectivity index (χ4n) is 4.13. The van der Waals surface area contributed by atoms with Crippen molar-refractivity contribution in [3.8, 4) is 22.9 Å². The maximum Gasteiger partial charge on any atom is 0.234 e. The van der Waals surface area contributed by atoms with E-state index in [2.05, 4.69) is 20.1 Å². The third-order valence-corrected chi connectivity index (χ3v) is 6.72. The second-order valence-corrected chi connectivity index (χ2v) is 8.94. The zero-order valence-electron chi connectivity index (χ0n) is 19.0. The number of amides is 1. The molecule has 0 saturated heterocycles. The molecule has 0 bridgehead atoms. The van der Waals surface area contributed by atoms with E-state index in [0.29, 0.717) is 22.5 Å². The third kappa shape index (κ3) is 5.32. The number of methoxy groups -OCH3 is 2. The molecule has 1 heterocycles. The topological polar surface area (TPSA) is 78.3 Å². The maximum absolute atomic E-state index is 13.9. The highest BCUT2D eigenvalue weighted by atomic mass is 32.2. The number of hydrogen-bond donors (Lipinski definition) is 1. The van der Waals surface area contributed by atoms with E-state index < -0.39 is 17.5 Å². The molecule has 1 aliphatic rings. The highest BCUT2D eigenvalue weighted by Crippen LogP contribution is 2.38. The van der Waals surface area contributed by atoms with Crippen molar-refractivity contribution in [1.82, 2.24) is 14.8 Å². The summed E-state index contributed by atoms with van der Waals surface area (Å²) in [6.45, 7) is 0. The summed E-state index contributed by atoms with van der Waals surface area (Å²) in [5.41, 5.74) is 0.638. The lowest BCUT2D eigenvalue weighted by Gasteiger charge is -2.25. The van der Waals surface area contributed by atoms with E-state index in [4.69, 9.17) is 9.47 Å². The molecule has 1 fully saturated rings. The summed E-state index contributed by atoms with van der Waals surface area (Å²) in [6.07, 6.45) is 5.39. The van der Waals surface area contributed by atoms with Crippen molar-refractivity contribution in [3.63, 3.8) is 0 Å². The Morgan fingerprint density at radius 3 is 2.56 bits per heavy atom. The molecule has 4 rings (SSSR count). The molecule has 10 heteroatoms. The van der Waals surface area contributed by atoms with Gasteiger partial charge in [-0.25, -0.2) is 8.78 Å². The molecular formula is C24H26F2N4O3S. The van der Waals surface area contributed by atoms with Crippen molar-refractivity contribution in [3.05, 3.63) is 48.0 Å². The quantitative estimate of drug-likeness (QED) is 0.423. The number of thioether (sulfide) groups is 1. The molecule has 1 amide bonds. The Labute approximate surface area is 200 Å². The molecule has 1 saturated carbocycles. The van der Waals surface area contributed by atoms with Crippen molar-refractivity contribution in [2.24, 2.45) is 0 Å². The van der Waals surface area contributed by atoms with Crippen molar-refractivity contribution in [1.29, 1.82) is 0 Å². The van der Waals surface area contributed by atoms with Crippen LogP contribution in [0.1, 0.15) is 38.1 Å². The average molecular weight is 489 g/mol. The Kier molecular flexibility index (Phi) is 7.66. The van der Waals surface area contributed by atoms with E-state index in [0.717, 1.165) is 49.4 Å². The number of halogens is 2. The van der Waals surface area contributed by atoms with Gasteiger partial charge in [-0.05, 0) is 43.2 Å². The number of ether oxygens (including phenoxy) is 2. The van der Waals surface area contributed by atoms with Crippen LogP contribution in [-0.4, -0.2) is 40.6 Å². The van der Waals surface area contributed by atoms with Gasteiger partial charge in [-0.1, -0.05) is 31.0 Å². The predicted octanol–water partition coefficient (Wildman–Crippen LogP) is 5.48. The molecule has 0 spiro atoms. The van der Waals surface area contributed by atoms with E-state index in [9.17, 15) is 13.6 Å². The van der Waals surface area contributed by atoms with Crippen LogP contribution in [0.25, 0.3) is 11.4 Å². The molecule has 34 heavy (non-hydrogen) atoms. The Bertz CT molecular complexity index is 1170. The van der Waals surface area contributed by atoms with E-state index in [1.54, 1.807) is 14.2 Å². The Morgan fingerprint density at radius 1 is 1.06 bits per heavy atom. The van der Waals surface area contributed by atoms with Crippen molar-refractivity contribution < 1.29 is 23.0 Å². The summed E-state index contributed by atoms with van der Waals surface area (Å²) in [6, 6.07) is 8.72. The molecule has 0 atom stereocenters. The Morgan fingerprint density at radius 2 is 1.82 bits per heavy atom. The van der Waals surface area contributed by atoms with Gasteiger partial charge in [0.25, 0.3) is 0 Å². The SMILES string of the molecule is COc1ccc(-c2nnc(SCC(=O)Nc3cc(F)ccc3F)n2C2CCCCC2)cc1OC. The molecule has 0 unspecified atom stereocenters. The number of nitrogens with one attached hydrogen (secondary N) is 1. The highest BCUT2D eigenvalue weighted by Gasteiger charge is 2.25. The van der Waals surface area contributed by atoms with Gasteiger partial charge in [0.15, 0.2) is 22.5 Å². The summed E-state index contributed by atoms with van der Waals surface area (Å²) < 4.78 is 40.2. The van der Waals surface area contributed by atoms with Crippen LogP contribution in [0, 0.1) is 11.6 Å². The van der Waals surface area contributed by atoms with E-state index >= 15 is 0 Å². The normalized spacial score (nSPS) is 14.1. The zero-order valence-corrected chi connectivity index (χ0v) is 19.8. The van der Waals surface area contributed by atoms with Crippen LogP contribution >= 0.6 is 11.8 Å². The number of rotatable bonds is 8. The van der Waals surface area contributed by atoms with Gasteiger partial charge in [-0.15, -0.1) is 10.2 Å². The Balaban J connectivity index is 1.58. The maximum atomic E-state index is 13.9. The molecule has 2 aromatic carbocycles. The minimum atomic E-state index is -0.694. The van der Waals surface area contributed by atoms with Crippen LogP contribution < -0.4 is 14.8 Å². The van der Waals surface area contributed by atoms with E-state index in [-0.39, 0.29) is 17.5 Å². The average Bonchev–Trinajstić information content (AvgIpc) is 3.29. The molecule has 1 aromatic heterocycles. The van der Waals surface area contributed by atoms with Crippen molar-refractivity contribution >= 4 is 23.4 Å². The van der Waals surface area contributed by atoms with Crippen LogP contribution in [0.2, 0.25) is 0 Å². The van der Waals surface area contributed by atoms with Crippen LogP contribution in [0.3, 0.4) is 0 Å². The lowest BCUT2D eigenvalue weighted by Crippen LogP contribution is -2.18. The number of hydrogen-bond acceptors (Lipinski definition) is 6. The second-order valence-electron chi connectivity index (χ2n) is 8.00. The van der Waals surface area contributed by atoms with E-state index in [1.807, 2.05) is 18.2 Å². The molecule has 0 radical (unpaired) electrons. The van der Waals surface area contributed by atoms with Crippen molar-refractivity contribution in [2.45, 2.75) is 43.3 Å². The molecule has 7 nitrogen and oxygen atoms in total. The largest absolute Gasteiger partial charge is 0.493 e. The summed E-state index contributed by atoms with van der Waals surface area (Å²) >= 11 is 1.22. The van der Waals surface area contributed by atoms with Gasteiger partial charge in [0.2, 0.25) is 5.91 Å². The number of nitrogens with zero attached hydrogens (tertiary/aromatic N) is 3. The van der Waals surface area contributed by atoms with Crippen LogP contribution in [-0.2, 0) is 4.79 Å². The number of carbonyl (C=O) groups is 1. The lowest BCUT2D eigenvalue weighted by molar-refractivity contribution is -0.113. The third-order valence-electron chi connectivity index (χ3n) is 5.78. The first-order chi connectivity index (χ1) is 16.5. The summed E-state index contributed by atoms with van der Waals surface area (Å²) in [5, 5.41) is 11.8. The van der Waals surface area contributed by atoms with E-state index in [1.165, 1.54) is 18.2 Å². The molecule has 1 aliphatic carbocycles. The molecule has 180 valence electrons. The van der Waals surface area contributed by atoms with Gasteiger partial charge in [0, 0.05) is 17.7 Å². The van der Waals surface area contributed by atoms with Gasteiger partial charge in [0.1, 0.15) is 11.6 Å². The van der Waals surface area contributed by atoms with Crippen molar-refractivity contribution in [2.75, 3.05) is 25.3 Å². The van der Waals surface area contributed by atoms with Crippen LogP contribution in [0.15, 0.2) is 41.6 Å². The Hall–Kier alpha value is -3.14. The molecule has 3 aromatic rings. The minimum Gasteiger partial charge on any atom is -0.493 e.